The minimum absolute atomic E-state index is 0.0602. The van der Waals surface area contributed by atoms with Gasteiger partial charge in [0.1, 0.15) is 5.75 Å². The first kappa shape index (κ1) is 16.9. The third-order valence-corrected chi connectivity index (χ3v) is 6.02. The zero-order valence-corrected chi connectivity index (χ0v) is 15.2. The van der Waals surface area contributed by atoms with E-state index in [1.165, 1.54) is 0 Å². The molecule has 5 rings (SSSR count). The van der Waals surface area contributed by atoms with Crippen LogP contribution in [0.5, 0.6) is 5.75 Å². The van der Waals surface area contributed by atoms with Gasteiger partial charge in [-0.1, -0.05) is 42.0 Å². The lowest BCUT2D eigenvalue weighted by molar-refractivity contribution is -0.116. The monoisotopic (exact) mass is 370 g/mol. The summed E-state index contributed by atoms with van der Waals surface area (Å²) in [4.78, 5) is 39.5. The molecule has 1 atom stereocenters. The molecule has 2 aromatic carbocycles. The topological polar surface area (TPSA) is 71.4 Å². The lowest BCUT2D eigenvalue weighted by Gasteiger charge is -2.36. The highest BCUT2D eigenvalue weighted by molar-refractivity contribution is 6.28. The number of benzene rings is 2. The number of hydrogen-bond donors (Lipinski definition) is 1. The summed E-state index contributed by atoms with van der Waals surface area (Å²) in [6.45, 7) is 0. The van der Waals surface area contributed by atoms with Crippen molar-refractivity contribution in [2.45, 2.75) is 31.6 Å². The first-order valence-electron chi connectivity index (χ1n) is 9.51. The van der Waals surface area contributed by atoms with Crippen LogP contribution in [0.4, 0.5) is 0 Å². The number of Topliss-reactive ketones (excluding diaryl/α,β-unsaturated/α-hetero) is 3. The fourth-order valence-electron chi connectivity index (χ4n) is 4.76. The van der Waals surface area contributed by atoms with Gasteiger partial charge in [0.25, 0.3) is 0 Å². The molecule has 0 heterocycles. The Kier molecular flexibility index (Phi) is 3.69. The Morgan fingerprint density at radius 3 is 2.18 bits per heavy atom. The number of phenols is 1. The maximum Gasteiger partial charge on any atom is 0.191 e. The van der Waals surface area contributed by atoms with Gasteiger partial charge in [-0.3, -0.25) is 14.4 Å². The normalized spacial score (nSPS) is 21.4. The maximum absolute atomic E-state index is 13.4. The summed E-state index contributed by atoms with van der Waals surface area (Å²) in [6.07, 6.45) is 2.40. The summed E-state index contributed by atoms with van der Waals surface area (Å²) < 4.78 is 0. The summed E-state index contributed by atoms with van der Waals surface area (Å²) in [5.74, 6) is -0.650. The predicted molar refractivity (Wildman–Crippen MR) is 103 cm³/mol. The first-order valence-corrected chi connectivity index (χ1v) is 9.51. The molecule has 0 aliphatic heterocycles. The van der Waals surface area contributed by atoms with Gasteiger partial charge < -0.3 is 5.11 Å². The second-order valence-electron chi connectivity index (χ2n) is 7.59. The van der Waals surface area contributed by atoms with Crippen molar-refractivity contribution < 1.29 is 19.5 Å². The summed E-state index contributed by atoms with van der Waals surface area (Å²) in [5, 5.41) is 9.68. The smallest absolute Gasteiger partial charge is 0.191 e. The van der Waals surface area contributed by atoms with Crippen molar-refractivity contribution in [3.05, 3.63) is 87.5 Å². The fourth-order valence-corrected chi connectivity index (χ4v) is 4.76. The van der Waals surface area contributed by atoms with E-state index in [0.29, 0.717) is 40.7 Å². The molecule has 0 spiro atoms. The molecular formula is C24H18O4. The van der Waals surface area contributed by atoms with Crippen molar-refractivity contribution in [2.24, 2.45) is 0 Å². The Bertz CT molecular complexity index is 1120. The van der Waals surface area contributed by atoms with Crippen molar-refractivity contribution >= 4 is 17.3 Å². The number of hydrogen-bond acceptors (Lipinski definition) is 4. The van der Waals surface area contributed by atoms with E-state index in [4.69, 9.17) is 0 Å². The van der Waals surface area contributed by atoms with E-state index in [2.05, 4.69) is 0 Å². The van der Waals surface area contributed by atoms with Crippen molar-refractivity contribution in [1.29, 1.82) is 0 Å². The van der Waals surface area contributed by atoms with Crippen molar-refractivity contribution in [3.63, 3.8) is 0 Å². The Labute approximate surface area is 162 Å². The van der Waals surface area contributed by atoms with Gasteiger partial charge in [-0.2, -0.15) is 0 Å². The molecule has 1 N–H and O–H groups in total. The average molecular weight is 370 g/mol. The van der Waals surface area contributed by atoms with Crippen molar-refractivity contribution in [2.75, 3.05) is 0 Å². The molecule has 2 aromatic rings. The van der Waals surface area contributed by atoms with Gasteiger partial charge in [-0.05, 0) is 37.0 Å². The van der Waals surface area contributed by atoms with Crippen LogP contribution in [0.15, 0.2) is 70.8 Å². The summed E-state index contributed by atoms with van der Waals surface area (Å²) in [5.41, 5.74) is 4.22. The van der Waals surface area contributed by atoms with Gasteiger partial charge in [0, 0.05) is 40.2 Å². The van der Waals surface area contributed by atoms with Crippen LogP contribution in [-0.4, -0.2) is 22.5 Å². The molecule has 0 bridgehead atoms. The predicted octanol–water partition coefficient (Wildman–Crippen LogP) is 4.30. The third-order valence-electron chi connectivity index (χ3n) is 6.02. The molecule has 28 heavy (non-hydrogen) atoms. The van der Waals surface area contributed by atoms with Crippen LogP contribution in [0.25, 0.3) is 0 Å². The largest absolute Gasteiger partial charge is 0.508 e. The molecule has 4 heteroatoms. The highest BCUT2D eigenvalue weighted by atomic mass is 16.3. The van der Waals surface area contributed by atoms with Gasteiger partial charge in [0.05, 0.1) is 0 Å². The van der Waals surface area contributed by atoms with Crippen LogP contribution in [0.2, 0.25) is 0 Å². The van der Waals surface area contributed by atoms with Crippen molar-refractivity contribution in [1.82, 2.24) is 0 Å². The Balaban J connectivity index is 1.76. The van der Waals surface area contributed by atoms with Crippen LogP contribution >= 0.6 is 0 Å². The zero-order chi connectivity index (χ0) is 19.4. The minimum atomic E-state index is -0.544. The molecule has 0 amide bonds. The van der Waals surface area contributed by atoms with Gasteiger partial charge in [-0.15, -0.1) is 0 Å². The minimum Gasteiger partial charge on any atom is -0.508 e. The Hall–Kier alpha value is -3.27. The van der Waals surface area contributed by atoms with E-state index < -0.39 is 5.92 Å². The molecule has 3 aliphatic rings. The van der Waals surface area contributed by atoms with E-state index in [9.17, 15) is 19.5 Å². The van der Waals surface area contributed by atoms with E-state index in [1.54, 1.807) is 48.5 Å². The number of rotatable bonds is 1. The molecule has 0 radical (unpaired) electrons. The maximum atomic E-state index is 13.4. The zero-order valence-electron chi connectivity index (χ0n) is 15.2. The number of allylic oxidation sites excluding steroid dienone is 4. The van der Waals surface area contributed by atoms with Crippen LogP contribution in [0, 0.1) is 0 Å². The molecule has 0 fully saturated rings. The fraction of sp³-hybridized carbons (Fsp3) is 0.208. The van der Waals surface area contributed by atoms with Crippen LogP contribution in [-0.2, 0) is 4.79 Å². The van der Waals surface area contributed by atoms with Gasteiger partial charge in [0.2, 0.25) is 0 Å². The molecular weight excluding hydrogens is 352 g/mol. The lowest BCUT2D eigenvalue weighted by Crippen LogP contribution is -2.33. The van der Waals surface area contributed by atoms with Crippen LogP contribution in [0.3, 0.4) is 0 Å². The highest BCUT2D eigenvalue weighted by Gasteiger charge is 2.43. The second kappa shape index (κ2) is 6.13. The molecule has 0 saturated heterocycles. The van der Waals surface area contributed by atoms with Crippen molar-refractivity contribution in [3.8, 4) is 5.75 Å². The lowest BCUT2D eigenvalue weighted by atomic mass is 9.65. The van der Waals surface area contributed by atoms with Crippen LogP contribution < -0.4 is 0 Å². The number of ketones is 3. The van der Waals surface area contributed by atoms with E-state index in [1.807, 2.05) is 0 Å². The molecule has 4 nitrogen and oxygen atoms in total. The quantitative estimate of drug-likeness (QED) is 0.812. The third kappa shape index (κ3) is 2.34. The average Bonchev–Trinajstić information content (AvgIpc) is 2.71. The van der Waals surface area contributed by atoms with Gasteiger partial charge >= 0.3 is 0 Å². The first-order chi connectivity index (χ1) is 13.6. The standard InChI is InChI=1S/C24H18O4/c25-15-10-8-13(9-11-15)21-20-14(4-3-7-19(20)26)12-18-22(21)24(28)17-6-2-1-5-16(17)23(18)27/h1-2,5-6,8-11,21,25H,3-4,7,12H2. The summed E-state index contributed by atoms with van der Waals surface area (Å²) in [7, 11) is 0. The Morgan fingerprint density at radius 2 is 1.46 bits per heavy atom. The molecule has 138 valence electrons. The van der Waals surface area contributed by atoms with Crippen LogP contribution in [0.1, 0.15) is 57.9 Å². The molecule has 1 unspecified atom stereocenters. The second-order valence-corrected chi connectivity index (χ2v) is 7.59. The SMILES string of the molecule is O=C1CCCC2=C1C(c1ccc(O)cc1)C1=C(C2)C(=O)c2ccccc2C1=O. The summed E-state index contributed by atoms with van der Waals surface area (Å²) >= 11 is 0. The number of carbonyl (C=O) groups is 3. The van der Waals surface area contributed by atoms with Gasteiger partial charge in [-0.25, -0.2) is 0 Å². The summed E-state index contributed by atoms with van der Waals surface area (Å²) in [6, 6.07) is 13.5. The van der Waals surface area contributed by atoms with E-state index in [-0.39, 0.29) is 23.1 Å². The van der Waals surface area contributed by atoms with E-state index >= 15 is 0 Å². The number of phenolic OH excluding ortho intramolecular Hbond substituents is 1. The number of aromatic hydroxyl groups is 1. The molecule has 0 aromatic heterocycles. The number of fused-ring (bicyclic) bond motifs is 1. The molecule has 0 saturated carbocycles. The molecule has 3 aliphatic carbocycles. The van der Waals surface area contributed by atoms with Gasteiger partial charge in [0.15, 0.2) is 17.3 Å². The number of carbonyl (C=O) groups excluding carboxylic acids is 3. The highest BCUT2D eigenvalue weighted by Crippen LogP contribution is 2.49. The Morgan fingerprint density at radius 1 is 0.786 bits per heavy atom. The van der Waals surface area contributed by atoms with E-state index in [0.717, 1.165) is 24.0 Å².